The molecule has 21 heavy (non-hydrogen) atoms. The maximum Gasteiger partial charge on any atom is 0.0412 e. The molecule has 2 atom stereocenters. The Labute approximate surface area is 129 Å². The smallest absolute Gasteiger partial charge is 0.0412 e. The van der Waals surface area contributed by atoms with Crippen molar-refractivity contribution < 1.29 is 0 Å². The molecule has 0 radical (unpaired) electrons. The van der Waals surface area contributed by atoms with E-state index >= 15 is 0 Å². The van der Waals surface area contributed by atoms with Crippen LogP contribution in [0.2, 0.25) is 0 Å². The van der Waals surface area contributed by atoms with Gasteiger partial charge in [0.1, 0.15) is 0 Å². The second-order valence-electron chi connectivity index (χ2n) is 6.59. The van der Waals surface area contributed by atoms with Gasteiger partial charge in [0.25, 0.3) is 0 Å². The van der Waals surface area contributed by atoms with Gasteiger partial charge < -0.3 is 10.2 Å². The molecule has 1 aromatic rings. The van der Waals surface area contributed by atoms with Gasteiger partial charge >= 0.3 is 0 Å². The summed E-state index contributed by atoms with van der Waals surface area (Å²) in [5, 5.41) is 3.55. The molecule has 2 aliphatic rings. The summed E-state index contributed by atoms with van der Waals surface area (Å²) in [6, 6.07) is 10.5. The number of hydrogen-bond acceptors (Lipinski definition) is 3. The summed E-state index contributed by atoms with van der Waals surface area (Å²) in [5.74, 6) is 0. The molecule has 1 N–H and O–H groups in total. The van der Waals surface area contributed by atoms with E-state index in [1.807, 2.05) is 0 Å². The molecule has 1 aromatic carbocycles. The highest BCUT2D eigenvalue weighted by Gasteiger charge is 2.34. The minimum atomic E-state index is 0.745. The molecule has 0 spiro atoms. The zero-order valence-electron chi connectivity index (χ0n) is 13.5. The molecule has 116 valence electrons. The van der Waals surface area contributed by atoms with Crippen LogP contribution in [0.1, 0.15) is 38.2 Å². The number of nitrogens with one attached hydrogen (secondary N) is 1. The number of rotatable bonds is 5. The molecular weight excluding hydrogens is 258 g/mol. The van der Waals surface area contributed by atoms with Crippen molar-refractivity contribution in [2.75, 3.05) is 31.6 Å². The molecule has 0 amide bonds. The third kappa shape index (κ3) is 3.24. The molecule has 3 rings (SSSR count). The van der Waals surface area contributed by atoms with E-state index in [1.54, 1.807) is 0 Å². The van der Waals surface area contributed by atoms with Crippen molar-refractivity contribution in [2.24, 2.45) is 0 Å². The lowest BCUT2D eigenvalue weighted by Gasteiger charge is -2.29. The lowest BCUT2D eigenvalue weighted by Crippen LogP contribution is -2.37. The van der Waals surface area contributed by atoms with Gasteiger partial charge in [-0.2, -0.15) is 0 Å². The minimum absolute atomic E-state index is 0.745. The van der Waals surface area contributed by atoms with Crippen LogP contribution < -0.4 is 10.2 Å². The number of likely N-dealkylation sites (N-methyl/N-ethyl adjacent to an activating group) is 1. The average Bonchev–Trinajstić information content (AvgIpc) is 2.73. The van der Waals surface area contributed by atoms with Crippen LogP contribution in [0.5, 0.6) is 0 Å². The van der Waals surface area contributed by atoms with Gasteiger partial charge in [-0.3, -0.25) is 4.90 Å². The summed E-state index contributed by atoms with van der Waals surface area (Å²) < 4.78 is 0. The summed E-state index contributed by atoms with van der Waals surface area (Å²) in [7, 11) is 2.32. The van der Waals surface area contributed by atoms with Crippen molar-refractivity contribution in [2.45, 2.75) is 51.2 Å². The molecule has 2 unspecified atom stereocenters. The Morgan fingerprint density at radius 2 is 1.95 bits per heavy atom. The van der Waals surface area contributed by atoms with Crippen LogP contribution in [0.4, 0.5) is 5.69 Å². The normalized spacial score (nSPS) is 26.1. The highest BCUT2D eigenvalue weighted by atomic mass is 15.3. The highest BCUT2D eigenvalue weighted by molar-refractivity contribution is 5.54. The highest BCUT2D eigenvalue weighted by Crippen LogP contribution is 2.31. The van der Waals surface area contributed by atoms with Crippen LogP contribution >= 0.6 is 0 Å². The number of benzene rings is 1. The fourth-order valence-electron chi connectivity index (χ4n) is 3.90. The predicted molar refractivity (Wildman–Crippen MR) is 89.8 cm³/mol. The lowest BCUT2D eigenvalue weighted by molar-refractivity contribution is 0.254. The number of fused-ring (bicyclic) bond motifs is 2. The van der Waals surface area contributed by atoms with E-state index in [0.29, 0.717) is 0 Å². The maximum absolute atomic E-state index is 3.55. The van der Waals surface area contributed by atoms with Gasteiger partial charge in [-0.05, 0) is 50.9 Å². The van der Waals surface area contributed by atoms with Crippen molar-refractivity contribution in [3.63, 3.8) is 0 Å². The monoisotopic (exact) mass is 287 g/mol. The Hall–Kier alpha value is -1.06. The molecule has 0 aliphatic carbocycles. The molecule has 3 nitrogen and oxygen atoms in total. The fraction of sp³-hybridized carbons (Fsp3) is 0.667. The Bertz CT molecular complexity index is 460. The first-order valence-electron chi connectivity index (χ1n) is 8.55. The molecule has 0 saturated carbocycles. The van der Waals surface area contributed by atoms with Crippen LogP contribution in [0.25, 0.3) is 0 Å². The van der Waals surface area contributed by atoms with Gasteiger partial charge in [-0.15, -0.1) is 0 Å². The summed E-state index contributed by atoms with van der Waals surface area (Å²) in [4.78, 5) is 5.25. The largest absolute Gasteiger partial charge is 0.370 e. The SMILES string of the molecule is CCCNCc1ccccc1N1CCC2CCC(C1)N2C. The predicted octanol–water partition coefficient (Wildman–Crippen LogP) is 2.86. The fourth-order valence-corrected chi connectivity index (χ4v) is 3.90. The van der Waals surface area contributed by atoms with E-state index in [-0.39, 0.29) is 0 Å². The first-order valence-corrected chi connectivity index (χ1v) is 8.55. The van der Waals surface area contributed by atoms with Gasteiger partial charge in [-0.25, -0.2) is 0 Å². The Morgan fingerprint density at radius 1 is 1.14 bits per heavy atom. The number of anilines is 1. The summed E-state index contributed by atoms with van der Waals surface area (Å²) in [5.41, 5.74) is 2.90. The Balaban J connectivity index is 1.74. The third-order valence-corrected chi connectivity index (χ3v) is 5.22. The van der Waals surface area contributed by atoms with Crippen molar-refractivity contribution in [3.8, 4) is 0 Å². The Kier molecular flexibility index (Phi) is 4.81. The van der Waals surface area contributed by atoms with E-state index in [2.05, 4.69) is 53.4 Å². The minimum Gasteiger partial charge on any atom is -0.370 e. The maximum atomic E-state index is 3.55. The first kappa shape index (κ1) is 14.9. The molecule has 2 heterocycles. The van der Waals surface area contributed by atoms with Crippen molar-refractivity contribution in [3.05, 3.63) is 29.8 Å². The van der Waals surface area contributed by atoms with E-state index < -0.39 is 0 Å². The van der Waals surface area contributed by atoms with Crippen LogP contribution in [-0.4, -0.2) is 43.7 Å². The molecule has 0 aromatic heterocycles. The van der Waals surface area contributed by atoms with Crippen LogP contribution in [0, 0.1) is 0 Å². The lowest BCUT2D eigenvalue weighted by atomic mass is 10.1. The zero-order valence-corrected chi connectivity index (χ0v) is 13.5. The standard InChI is InChI=1S/C18H29N3/c1-3-11-19-13-15-6-4-5-7-18(15)21-12-10-16-8-9-17(14-21)20(16)2/h4-7,16-17,19H,3,8-14H2,1-2H3. The molecule has 2 aliphatic heterocycles. The summed E-state index contributed by atoms with van der Waals surface area (Å²) in [6.07, 6.45) is 5.27. The molecule has 3 heteroatoms. The Morgan fingerprint density at radius 3 is 2.81 bits per heavy atom. The van der Waals surface area contributed by atoms with E-state index in [1.165, 1.54) is 50.0 Å². The van der Waals surface area contributed by atoms with Crippen LogP contribution in [0.3, 0.4) is 0 Å². The second-order valence-corrected chi connectivity index (χ2v) is 6.59. The van der Waals surface area contributed by atoms with E-state index in [9.17, 15) is 0 Å². The molecule has 2 saturated heterocycles. The quantitative estimate of drug-likeness (QED) is 0.840. The van der Waals surface area contributed by atoms with Gasteiger partial charge in [0.15, 0.2) is 0 Å². The average molecular weight is 287 g/mol. The molecule has 2 bridgehead atoms. The first-order chi connectivity index (χ1) is 10.3. The number of hydrogen-bond donors (Lipinski definition) is 1. The summed E-state index contributed by atoms with van der Waals surface area (Å²) in [6.45, 7) is 6.71. The number of para-hydroxylation sites is 1. The number of nitrogens with zero attached hydrogens (tertiary/aromatic N) is 2. The molecular formula is C18H29N3. The van der Waals surface area contributed by atoms with Crippen LogP contribution in [-0.2, 0) is 6.54 Å². The van der Waals surface area contributed by atoms with Crippen molar-refractivity contribution >= 4 is 5.69 Å². The van der Waals surface area contributed by atoms with Crippen LogP contribution in [0.15, 0.2) is 24.3 Å². The van der Waals surface area contributed by atoms with Gasteiger partial charge in [0.2, 0.25) is 0 Å². The van der Waals surface area contributed by atoms with Gasteiger partial charge in [-0.1, -0.05) is 25.1 Å². The summed E-state index contributed by atoms with van der Waals surface area (Å²) >= 11 is 0. The molecule has 2 fully saturated rings. The van der Waals surface area contributed by atoms with Crippen molar-refractivity contribution in [1.29, 1.82) is 0 Å². The van der Waals surface area contributed by atoms with Gasteiger partial charge in [0, 0.05) is 37.4 Å². The topological polar surface area (TPSA) is 18.5 Å². The third-order valence-electron chi connectivity index (χ3n) is 5.22. The zero-order chi connectivity index (χ0) is 14.7. The van der Waals surface area contributed by atoms with Crippen molar-refractivity contribution in [1.82, 2.24) is 10.2 Å². The van der Waals surface area contributed by atoms with E-state index in [4.69, 9.17) is 0 Å². The second kappa shape index (κ2) is 6.80. The van der Waals surface area contributed by atoms with E-state index in [0.717, 1.165) is 25.2 Å². The van der Waals surface area contributed by atoms with Gasteiger partial charge in [0.05, 0.1) is 0 Å².